The molecule has 0 aromatic heterocycles. The standard InChI is InChI=1S/C5H9N/c1-4-2-3-5(4)6/h2-3,6H2,1H3. The van der Waals surface area contributed by atoms with Gasteiger partial charge < -0.3 is 5.73 Å². The quantitative estimate of drug-likeness (QED) is 0.464. The normalized spacial score (nSPS) is 20.8. The van der Waals surface area contributed by atoms with Gasteiger partial charge in [-0.05, 0) is 19.8 Å². The van der Waals surface area contributed by atoms with Crippen molar-refractivity contribution in [3.63, 3.8) is 0 Å². The van der Waals surface area contributed by atoms with Crippen LogP contribution in [0.4, 0.5) is 0 Å². The van der Waals surface area contributed by atoms with Gasteiger partial charge in [0, 0.05) is 5.70 Å². The summed E-state index contributed by atoms with van der Waals surface area (Å²) in [4.78, 5) is 0. The molecule has 0 saturated carbocycles. The maximum atomic E-state index is 5.40. The Labute approximate surface area is 37.8 Å². The average molecular weight is 83.1 g/mol. The molecule has 0 aliphatic heterocycles. The number of nitrogens with two attached hydrogens (primary N) is 1. The van der Waals surface area contributed by atoms with Gasteiger partial charge in [0.15, 0.2) is 0 Å². The summed E-state index contributed by atoms with van der Waals surface area (Å²) < 4.78 is 0. The molecule has 0 amide bonds. The lowest BCUT2D eigenvalue weighted by Gasteiger charge is -2.14. The van der Waals surface area contributed by atoms with Crippen LogP contribution in [0, 0.1) is 0 Å². The van der Waals surface area contributed by atoms with E-state index in [9.17, 15) is 0 Å². The lowest BCUT2D eigenvalue weighted by molar-refractivity contribution is 0.785. The second-order valence-electron chi connectivity index (χ2n) is 1.81. The van der Waals surface area contributed by atoms with Gasteiger partial charge in [0.25, 0.3) is 0 Å². The van der Waals surface area contributed by atoms with E-state index in [1.54, 1.807) is 0 Å². The molecular formula is C5H9N. The Morgan fingerprint density at radius 1 is 1.50 bits per heavy atom. The first-order chi connectivity index (χ1) is 2.80. The average Bonchev–Trinajstić information content (AvgIpc) is 1.61. The molecule has 0 radical (unpaired) electrons. The third-order valence-electron chi connectivity index (χ3n) is 1.32. The second-order valence-corrected chi connectivity index (χ2v) is 1.81. The van der Waals surface area contributed by atoms with Crippen LogP contribution in [0.25, 0.3) is 0 Å². The van der Waals surface area contributed by atoms with Crippen molar-refractivity contribution in [2.75, 3.05) is 0 Å². The van der Waals surface area contributed by atoms with Crippen molar-refractivity contribution in [3.8, 4) is 0 Å². The molecule has 6 heavy (non-hydrogen) atoms. The molecule has 0 heterocycles. The highest BCUT2D eigenvalue weighted by molar-refractivity contribution is 5.18. The minimum atomic E-state index is 1.11. The van der Waals surface area contributed by atoms with Crippen molar-refractivity contribution in [3.05, 3.63) is 11.3 Å². The van der Waals surface area contributed by atoms with Crippen LogP contribution < -0.4 is 5.73 Å². The maximum Gasteiger partial charge on any atom is 0.00729 e. The molecule has 1 rings (SSSR count). The van der Waals surface area contributed by atoms with Crippen LogP contribution in [0.15, 0.2) is 11.3 Å². The molecule has 0 spiro atoms. The summed E-state index contributed by atoms with van der Waals surface area (Å²) >= 11 is 0. The van der Waals surface area contributed by atoms with E-state index < -0.39 is 0 Å². The van der Waals surface area contributed by atoms with Crippen molar-refractivity contribution in [2.24, 2.45) is 5.73 Å². The fraction of sp³-hybridized carbons (Fsp3) is 0.600. The van der Waals surface area contributed by atoms with Crippen LogP contribution in [0.1, 0.15) is 19.8 Å². The fourth-order valence-electron chi connectivity index (χ4n) is 0.519. The molecule has 0 fully saturated rings. The Hall–Kier alpha value is -0.460. The molecule has 1 aliphatic rings. The van der Waals surface area contributed by atoms with E-state index in [0.717, 1.165) is 12.1 Å². The van der Waals surface area contributed by atoms with E-state index in [0.29, 0.717) is 0 Å². The van der Waals surface area contributed by atoms with Crippen molar-refractivity contribution in [1.82, 2.24) is 0 Å². The maximum absolute atomic E-state index is 5.40. The SMILES string of the molecule is CC1=C(N)CC1. The Morgan fingerprint density at radius 2 is 2.00 bits per heavy atom. The van der Waals surface area contributed by atoms with E-state index in [1.165, 1.54) is 12.0 Å². The van der Waals surface area contributed by atoms with Crippen molar-refractivity contribution in [2.45, 2.75) is 19.8 Å². The predicted octanol–water partition coefficient (Wildman–Crippen LogP) is 1.01. The molecule has 2 N–H and O–H groups in total. The van der Waals surface area contributed by atoms with Gasteiger partial charge in [0.05, 0.1) is 0 Å². The van der Waals surface area contributed by atoms with Gasteiger partial charge in [0.1, 0.15) is 0 Å². The second kappa shape index (κ2) is 1.00. The molecule has 0 saturated heterocycles. The molecule has 0 unspecified atom stereocenters. The van der Waals surface area contributed by atoms with Gasteiger partial charge in [-0.2, -0.15) is 0 Å². The minimum absolute atomic E-state index is 1.11. The highest BCUT2D eigenvalue weighted by Gasteiger charge is 2.06. The highest BCUT2D eigenvalue weighted by Crippen LogP contribution is 2.21. The van der Waals surface area contributed by atoms with Gasteiger partial charge in [-0.25, -0.2) is 0 Å². The van der Waals surface area contributed by atoms with E-state index in [4.69, 9.17) is 5.73 Å². The Balaban J connectivity index is 2.66. The Bertz CT molecular complexity index is 80.1. The molecule has 0 aromatic carbocycles. The molecule has 0 bridgehead atoms. The summed E-state index contributed by atoms with van der Waals surface area (Å²) in [6.07, 6.45) is 2.36. The summed E-state index contributed by atoms with van der Waals surface area (Å²) in [6, 6.07) is 0. The van der Waals surface area contributed by atoms with Crippen LogP contribution in [-0.2, 0) is 0 Å². The van der Waals surface area contributed by atoms with Crippen molar-refractivity contribution >= 4 is 0 Å². The molecule has 0 aromatic rings. The van der Waals surface area contributed by atoms with Gasteiger partial charge in [-0.15, -0.1) is 0 Å². The topological polar surface area (TPSA) is 26.0 Å². The molecule has 34 valence electrons. The molecule has 1 heteroatoms. The van der Waals surface area contributed by atoms with E-state index in [1.807, 2.05) is 0 Å². The van der Waals surface area contributed by atoms with Crippen LogP contribution in [0.2, 0.25) is 0 Å². The summed E-state index contributed by atoms with van der Waals surface area (Å²) in [6.45, 7) is 2.08. The first kappa shape index (κ1) is 3.72. The summed E-state index contributed by atoms with van der Waals surface area (Å²) in [7, 11) is 0. The number of hydrogen-bond acceptors (Lipinski definition) is 1. The smallest absolute Gasteiger partial charge is 0.00729 e. The molecule has 1 aliphatic carbocycles. The fourth-order valence-corrected chi connectivity index (χ4v) is 0.519. The number of hydrogen-bond donors (Lipinski definition) is 1. The van der Waals surface area contributed by atoms with Crippen molar-refractivity contribution < 1.29 is 0 Å². The van der Waals surface area contributed by atoms with Crippen LogP contribution in [0.3, 0.4) is 0 Å². The monoisotopic (exact) mass is 83.1 g/mol. The number of allylic oxidation sites excluding steroid dienone is 2. The lowest BCUT2D eigenvalue weighted by Crippen LogP contribution is -2.09. The van der Waals surface area contributed by atoms with E-state index in [2.05, 4.69) is 6.92 Å². The van der Waals surface area contributed by atoms with Gasteiger partial charge in [-0.3, -0.25) is 0 Å². The van der Waals surface area contributed by atoms with Crippen LogP contribution in [-0.4, -0.2) is 0 Å². The predicted molar refractivity (Wildman–Crippen MR) is 26.1 cm³/mol. The third kappa shape index (κ3) is 0.313. The summed E-state index contributed by atoms with van der Waals surface area (Å²) in [5.74, 6) is 0. The zero-order valence-corrected chi connectivity index (χ0v) is 3.99. The highest BCUT2D eigenvalue weighted by atomic mass is 14.6. The largest absolute Gasteiger partial charge is 0.402 e. The lowest BCUT2D eigenvalue weighted by atomic mass is 9.97. The van der Waals surface area contributed by atoms with Gasteiger partial charge in [0.2, 0.25) is 0 Å². The van der Waals surface area contributed by atoms with Crippen LogP contribution >= 0.6 is 0 Å². The minimum Gasteiger partial charge on any atom is -0.402 e. The third-order valence-corrected chi connectivity index (χ3v) is 1.32. The zero-order valence-electron chi connectivity index (χ0n) is 3.99. The summed E-state index contributed by atoms with van der Waals surface area (Å²) in [5, 5.41) is 0. The van der Waals surface area contributed by atoms with Gasteiger partial charge >= 0.3 is 0 Å². The van der Waals surface area contributed by atoms with E-state index >= 15 is 0 Å². The number of rotatable bonds is 0. The Kier molecular flexibility index (Phi) is 0.621. The molecular weight excluding hydrogens is 74.1 g/mol. The zero-order chi connectivity index (χ0) is 4.57. The van der Waals surface area contributed by atoms with E-state index in [-0.39, 0.29) is 0 Å². The molecule has 0 atom stereocenters. The van der Waals surface area contributed by atoms with Crippen LogP contribution in [0.5, 0.6) is 0 Å². The van der Waals surface area contributed by atoms with Gasteiger partial charge in [-0.1, -0.05) is 5.57 Å². The first-order valence-corrected chi connectivity index (χ1v) is 2.25. The summed E-state index contributed by atoms with van der Waals surface area (Å²) in [5.41, 5.74) is 7.89. The van der Waals surface area contributed by atoms with Crippen molar-refractivity contribution in [1.29, 1.82) is 0 Å². The molecule has 1 nitrogen and oxygen atoms in total. The Morgan fingerprint density at radius 3 is 2.00 bits per heavy atom. The first-order valence-electron chi connectivity index (χ1n) is 2.25.